The number of H-pyrrole nitrogens is 1. The van der Waals surface area contributed by atoms with Crippen molar-refractivity contribution in [2.45, 2.75) is 32.7 Å². The molecule has 0 spiro atoms. The van der Waals surface area contributed by atoms with Crippen LogP contribution in [0.15, 0.2) is 24.4 Å². The second-order valence-corrected chi connectivity index (χ2v) is 5.40. The van der Waals surface area contributed by atoms with E-state index >= 15 is 0 Å². The molecule has 1 aromatic carbocycles. The van der Waals surface area contributed by atoms with Crippen molar-refractivity contribution in [3.8, 4) is 0 Å². The highest BCUT2D eigenvalue weighted by atomic mass is 19.1. The van der Waals surface area contributed by atoms with Gasteiger partial charge in [-0.15, -0.1) is 0 Å². The number of halogens is 1. The van der Waals surface area contributed by atoms with Crippen LogP contribution in [0.4, 0.5) is 4.39 Å². The van der Waals surface area contributed by atoms with Gasteiger partial charge in [-0.05, 0) is 45.4 Å². The third-order valence-electron chi connectivity index (χ3n) is 2.80. The van der Waals surface area contributed by atoms with Crippen molar-refractivity contribution in [1.29, 1.82) is 0 Å². The molecule has 2 aromatic rings. The van der Waals surface area contributed by atoms with Gasteiger partial charge < -0.3 is 10.3 Å². The zero-order valence-electron chi connectivity index (χ0n) is 10.6. The molecule has 2 rings (SSSR count). The fraction of sp³-hybridized carbons (Fsp3) is 0.429. The van der Waals surface area contributed by atoms with E-state index in [0.29, 0.717) is 5.52 Å². The molecule has 0 bridgehead atoms. The Morgan fingerprint density at radius 2 is 2.06 bits per heavy atom. The highest BCUT2D eigenvalue weighted by molar-refractivity contribution is 5.83. The Morgan fingerprint density at radius 3 is 2.76 bits per heavy atom. The summed E-state index contributed by atoms with van der Waals surface area (Å²) >= 11 is 0. The molecule has 0 unspecified atom stereocenters. The van der Waals surface area contributed by atoms with E-state index in [2.05, 4.69) is 31.1 Å². The normalized spacial score (nSPS) is 12.2. The predicted molar refractivity (Wildman–Crippen MR) is 69.7 cm³/mol. The molecule has 3 heteroatoms. The highest BCUT2D eigenvalue weighted by Crippen LogP contribution is 2.20. The van der Waals surface area contributed by atoms with Crippen LogP contribution in [0.25, 0.3) is 10.9 Å². The summed E-state index contributed by atoms with van der Waals surface area (Å²) in [5.41, 5.74) is 1.90. The number of hydrogen-bond acceptors (Lipinski definition) is 1. The van der Waals surface area contributed by atoms with E-state index in [4.69, 9.17) is 0 Å². The van der Waals surface area contributed by atoms with Crippen molar-refractivity contribution in [3.63, 3.8) is 0 Å². The van der Waals surface area contributed by atoms with Crippen LogP contribution in [0.2, 0.25) is 0 Å². The molecule has 92 valence electrons. The molecule has 0 radical (unpaired) electrons. The zero-order chi connectivity index (χ0) is 12.5. The molecular formula is C14H19FN2. The van der Waals surface area contributed by atoms with Crippen molar-refractivity contribution in [1.82, 2.24) is 10.3 Å². The largest absolute Gasteiger partial charge is 0.359 e. The molecule has 0 saturated heterocycles. The molecule has 0 aliphatic heterocycles. The second-order valence-electron chi connectivity index (χ2n) is 5.40. The number of hydrogen-bond donors (Lipinski definition) is 2. The average Bonchev–Trinajstić information content (AvgIpc) is 2.61. The minimum Gasteiger partial charge on any atom is -0.359 e. The lowest BCUT2D eigenvalue weighted by Crippen LogP contribution is -2.37. The third-order valence-corrected chi connectivity index (χ3v) is 2.80. The highest BCUT2D eigenvalue weighted by Gasteiger charge is 2.10. The Hall–Kier alpha value is -1.35. The van der Waals surface area contributed by atoms with Crippen LogP contribution >= 0.6 is 0 Å². The fourth-order valence-corrected chi connectivity index (χ4v) is 1.95. The van der Waals surface area contributed by atoms with Gasteiger partial charge >= 0.3 is 0 Å². The Kier molecular flexibility index (Phi) is 3.20. The molecule has 2 N–H and O–H groups in total. The third kappa shape index (κ3) is 2.86. The lowest BCUT2D eigenvalue weighted by molar-refractivity contribution is 0.430. The van der Waals surface area contributed by atoms with Crippen LogP contribution in [-0.4, -0.2) is 17.1 Å². The fourth-order valence-electron chi connectivity index (χ4n) is 1.95. The molecule has 0 fully saturated rings. The lowest BCUT2D eigenvalue weighted by Gasteiger charge is -2.20. The van der Waals surface area contributed by atoms with Gasteiger partial charge in [-0.2, -0.15) is 0 Å². The van der Waals surface area contributed by atoms with Crippen LogP contribution in [0, 0.1) is 5.82 Å². The Bertz CT molecular complexity index is 508. The molecule has 0 amide bonds. The molecule has 17 heavy (non-hydrogen) atoms. The minimum atomic E-state index is -0.183. The topological polar surface area (TPSA) is 27.8 Å². The first-order chi connectivity index (χ1) is 7.97. The van der Waals surface area contributed by atoms with E-state index in [1.807, 2.05) is 12.3 Å². The van der Waals surface area contributed by atoms with Gasteiger partial charge in [0.15, 0.2) is 0 Å². The van der Waals surface area contributed by atoms with E-state index in [1.54, 1.807) is 6.07 Å². The summed E-state index contributed by atoms with van der Waals surface area (Å²) in [6.45, 7) is 7.32. The summed E-state index contributed by atoms with van der Waals surface area (Å²) in [5.74, 6) is -0.183. The molecule has 0 saturated carbocycles. The predicted octanol–water partition coefficient (Wildman–Crippen LogP) is 3.24. The van der Waals surface area contributed by atoms with Crippen molar-refractivity contribution in [2.24, 2.45) is 0 Å². The van der Waals surface area contributed by atoms with E-state index in [0.717, 1.165) is 23.9 Å². The van der Waals surface area contributed by atoms with E-state index < -0.39 is 0 Å². The average molecular weight is 234 g/mol. The van der Waals surface area contributed by atoms with Gasteiger partial charge in [0.2, 0.25) is 0 Å². The van der Waals surface area contributed by atoms with Gasteiger partial charge in [-0.1, -0.05) is 12.1 Å². The van der Waals surface area contributed by atoms with Gasteiger partial charge in [0.05, 0.1) is 5.52 Å². The number of aromatic amines is 1. The Labute approximate surface area is 101 Å². The van der Waals surface area contributed by atoms with E-state index in [-0.39, 0.29) is 11.4 Å². The number of fused-ring (bicyclic) bond motifs is 1. The monoisotopic (exact) mass is 234 g/mol. The van der Waals surface area contributed by atoms with Gasteiger partial charge in [-0.25, -0.2) is 4.39 Å². The van der Waals surface area contributed by atoms with E-state index in [9.17, 15) is 4.39 Å². The standard InChI is InChI=1S/C14H19FN2/c1-14(2,3)17-8-7-10-9-16-13-11(10)5-4-6-12(13)15/h4-6,9,16-17H,7-8H2,1-3H3. The molecule has 0 aliphatic carbocycles. The molecule has 1 heterocycles. The van der Waals surface area contributed by atoms with Crippen LogP contribution in [0.1, 0.15) is 26.3 Å². The minimum absolute atomic E-state index is 0.122. The molecule has 1 aromatic heterocycles. The van der Waals surface area contributed by atoms with E-state index in [1.165, 1.54) is 6.07 Å². The first-order valence-corrected chi connectivity index (χ1v) is 5.97. The first-order valence-electron chi connectivity index (χ1n) is 5.97. The van der Waals surface area contributed by atoms with Crippen LogP contribution < -0.4 is 5.32 Å². The maximum absolute atomic E-state index is 13.5. The number of aromatic nitrogens is 1. The number of benzene rings is 1. The van der Waals surface area contributed by atoms with Gasteiger partial charge in [-0.3, -0.25) is 0 Å². The van der Waals surface area contributed by atoms with Crippen molar-refractivity contribution in [2.75, 3.05) is 6.54 Å². The molecule has 0 atom stereocenters. The number of rotatable bonds is 3. The second kappa shape index (κ2) is 4.49. The van der Waals surface area contributed by atoms with Crippen LogP contribution in [-0.2, 0) is 6.42 Å². The van der Waals surface area contributed by atoms with Crippen molar-refractivity contribution < 1.29 is 4.39 Å². The first kappa shape index (κ1) is 12.1. The molecular weight excluding hydrogens is 215 g/mol. The summed E-state index contributed by atoms with van der Waals surface area (Å²) in [7, 11) is 0. The lowest BCUT2D eigenvalue weighted by atomic mass is 10.1. The molecule has 2 nitrogen and oxygen atoms in total. The maximum Gasteiger partial charge on any atom is 0.147 e. The van der Waals surface area contributed by atoms with Gasteiger partial charge in [0, 0.05) is 17.1 Å². The zero-order valence-corrected chi connectivity index (χ0v) is 10.6. The Balaban J connectivity index is 2.12. The van der Waals surface area contributed by atoms with Gasteiger partial charge in [0.1, 0.15) is 5.82 Å². The summed E-state index contributed by atoms with van der Waals surface area (Å²) < 4.78 is 13.5. The number of nitrogens with one attached hydrogen (secondary N) is 2. The smallest absolute Gasteiger partial charge is 0.147 e. The number of para-hydroxylation sites is 1. The van der Waals surface area contributed by atoms with Crippen LogP contribution in [0.5, 0.6) is 0 Å². The SMILES string of the molecule is CC(C)(C)NCCc1c[nH]c2c(F)cccc12. The quantitative estimate of drug-likeness (QED) is 0.838. The van der Waals surface area contributed by atoms with Crippen molar-refractivity contribution in [3.05, 3.63) is 35.8 Å². The summed E-state index contributed by atoms with van der Waals surface area (Å²) in [6, 6.07) is 5.20. The Morgan fingerprint density at radius 1 is 1.29 bits per heavy atom. The summed E-state index contributed by atoms with van der Waals surface area (Å²) in [4.78, 5) is 3.00. The molecule has 0 aliphatic rings. The summed E-state index contributed by atoms with van der Waals surface area (Å²) in [6.07, 6.45) is 2.80. The maximum atomic E-state index is 13.5. The van der Waals surface area contributed by atoms with Crippen LogP contribution in [0.3, 0.4) is 0 Å². The van der Waals surface area contributed by atoms with Gasteiger partial charge in [0.25, 0.3) is 0 Å². The van der Waals surface area contributed by atoms with Crippen molar-refractivity contribution >= 4 is 10.9 Å². The summed E-state index contributed by atoms with van der Waals surface area (Å²) in [5, 5.41) is 4.42.